The minimum Gasteiger partial charge on any atom is -0.497 e. The minimum atomic E-state index is -3.85. The van der Waals surface area contributed by atoms with Gasteiger partial charge in [0.2, 0.25) is 15.7 Å². The normalized spacial score (nSPS) is 21.9. The lowest BCUT2D eigenvalue weighted by Gasteiger charge is -2.39. The Balaban J connectivity index is 1.80. The van der Waals surface area contributed by atoms with E-state index in [4.69, 9.17) is 14.6 Å². The molecule has 0 saturated carbocycles. The zero-order valence-corrected chi connectivity index (χ0v) is 18.2. The van der Waals surface area contributed by atoms with Gasteiger partial charge in [-0.15, -0.1) is 0 Å². The van der Waals surface area contributed by atoms with Crippen molar-refractivity contribution in [1.82, 2.24) is 10.3 Å². The maximum absolute atomic E-state index is 12.5. The van der Waals surface area contributed by atoms with Gasteiger partial charge in [-0.05, 0) is 60.2 Å². The Labute approximate surface area is 185 Å². The molecule has 2 aromatic rings. The number of sulfonamides is 1. The number of nitrogens with zero attached hydrogens (tertiary/aromatic N) is 2. The van der Waals surface area contributed by atoms with Gasteiger partial charge in [0.1, 0.15) is 5.75 Å². The molecule has 10 nitrogen and oxygen atoms in total. The predicted molar refractivity (Wildman–Crippen MR) is 117 cm³/mol. The van der Waals surface area contributed by atoms with Gasteiger partial charge in [-0.1, -0.05) is 0 Å². The number of nitrogens with one attached hydrogen (secondary N) is 1. The summed E-state index contributed by atoms with van der Waals surface area (Å²) in [4.78, 5) is 14.3. The number of primary sulfonamides is 1. The van der Waals surface area contributed by atoms with Crippen molar-refractivity contribution in [2.75, 3.05) is 38.4 Å². The molecule has 0 amide bonds. The van der Waals surface area contributed by atoms with E-state index < -0.39 is 21.7 Å². The number of carboxylic acids is 1. The first-order chi connectivity index (χ1) is 15.2. The molecule has 4 rings (SSSR count). The number of anilines is 1. The number of rotatable bonds is 6. The summed E-state index contributed by atoms with van der Waals surface area (Å²) in [6.07, 6.45) is 1.66. The van der Waals surface area contributed by atoms with E-state index >= 15 is 0 Å². The number of methoxy groups -OCH3 is 1. The summed E-state index contributed by atoms with van der Waals surface area (Å²) >= 11 is 0. The lowest BCUT2D eigenvalue weighted by Crippen LogP contribution is -2.65. The fourth-order valence-electron chi connectivity index (χ4n) is 3.81. The van der Waals surface area contributed by atoms with E-state index in [-0.39, 0.29) is 4.90 Å². The van der Waals surface area contributed by atoms with E-state index in [9.17, 15) is 18.3 Å². The number of nitrogens with two attached hydrogens (primary N) is 1. The first kappa shape index (κ1) is 22.2. The quantitative estimate of drug-likeness (QED) is 0.573. The molecule has 11 heteroatoms. The first-order valence-corrected chi connectivity index (χ1v) is 11.4. The molecule has 0 bridgehead atoms. The average Bonchev–Trinajstić information content (AvgIpc) is 3.22. The number of morpholine rings is 1. The lowest BCUT2D eigenvalue weighted by atomic mass is 10.0. The largest absolute Gasteiger partial charge is 0.497 e. The van der Waals surface area contributed by atoms with Crippen molar-refractivity contribution in [3.05, 3.63) is 60.2 Å². The Hall–Kier alpha value is -2.96. The Morgan fingerprint density at radius 1 is 1.12 bits per heavy atom. The molecular formula is C21H24N4O6S. The van der Waals surface area contributed by atoms with Crippen LogP contribution in [0, 0.1) is 0 Å². The smallest absolute Gasteiger partial charge is 0.345 e. The van der Waals surface area contributed by atoms with Crippen LogP contribution in [-0.4, -0.2) is 63.5 Å². The molecule has 0 aliphatic carbocycles. The van der Waals surface area contributed by atoms with Gasteiger partial charge >= 0.3 is 5.97 Å². The fourth-order valence-corrected chi connectivity index (χ4v) is 4.33. The van der Waals surface area contributed by atoms with Crippen molar-refractivity contribution >= 4 is 27.4 Å². The van der Waals surface area contributed by atoms with Gasteiger partial charge in [0.25, 0.3) is 0 Å². The van der Waals surface area contributed by atoms with Crippen molar-refractivity contribution < 1.29 is 27.8 Å². The third-order valence-corrected chi connectivity index (χ3v) is 6.44. The monoisotopic (exact) mass is 460 g/mol. The summed E-state index contributed by atoms with van der Waals surface area (Å²) in [5.41, 5.74) is 3.53. The number of ether oxygens (including phenoxy) is 2. The SMILES string of the molecule is COc1ccc(C2=CC(C(=O)O)(N3CCOCC3)NN2c2ccc(S(N)(=O)=O)cc2)cc1. The van der Waals surface area contributed by atoms with Crippen LogP contribution in [0.1, 0.15) is 5.56 Å². The van der Waals surface area contributed by atoms with Crippen LogP contribution in [0.25, 0.3) is 5.70 Å². The topological polar surface area (TPSA) is 134 Å². The third-order valence-electron chi connectivity index (χ3n) is 5.51. The van der Waals surface area contributed by atoms with Crippen molar-refractivity contribution in [3.8, 4) is 5.75 Å². The molecular weight excluding hydrogens is 436 g/mol. The lowest BCUT2D eigenvalue weighted by molar-refractivity contribution is -0.152. The Morgan fingerprint density at radius 2 is 1.75 bits per heavy atom. The highest BCUT2D eigenvalue weighted by Gasteiger charge is 2.49. The first-order valence-electron chi connectivity index (χ1n) is 9.89. The van der Waals surface area contributed by atoms with Crippen molar-refractivity contribution in [1.29, 1.82) is 0 Å². The molecule has 0 aromatic heterocycles. The average molecular weight is 461 g/mol. The van der Waals surface area contributed by atoms with E-state index in [1.165, 1.54) is 12.1 Å². The van der Waals surface area contributed by atoms with Gasteiger partial charge < -0.3 is 14.6 Å². The second-order valence-corrected chi connectivity index (χ2v) is 8.98. The zero-order chi connectivity index (χ0) is 22.9. The number of aliphatic carboxylic acids is 1. The third kappa shape index (κ3) is 4.08. The van der Waals surface area contributed by atoms with Crippen LogP contribution in [0.4, 0.5) is 5.69 Å². The molecule has 1 unspecified atom stereocenters. The van der Waals surface area contributed by atoms with Gasteiger partial charge in [-0.3, -0.25) is 9.91 Å². The van der Waals surface area contributed by atoms with Gasteiger partial charge in [0, 0.05) is 13.1 Å². The van der Waals surface area contributed by atoms with E-state index in [1.54, 1.807) is 47.4 Å². The second kappa shape index (κ2) is 8.52. The van der Waals surface area contributed by atoms with Crippen LogP contribution >= 0.6 is 0 Å². The predicted octanol–water partition coefficient (Wildman–Crippen LogP) is 0.821. The van der Waals surface area contributed by atoms with Crippen molar-refractivity contribution in [2.24, 2.45) is 5.14 Å². The van der Waals surface area contributed by atoms with Crippen LogP contribution in [-0.2, 0) is 19.6 Å². The number of hydrazine groups is 1. The maximum Gasteiger partial charge on any atom is 0.345 e. The van der Waals surface area contributed by atoms with Crippen LogP contribution in [0.2, 0.25) is 0 Å². The Bertz CT molecular complexity index is 1130. The van der Waals surface area contributed by atoms with Crippen LogP contribution < -0.4 is 20.3 Å². The molecule has 2 heterocycles. The summed E-state index contributed by atoms with van der Waals surface area (Å²) in [6.45, 7) is 1.71. The van der Waals surface area contributed by atoms with Gasteiger partial charge in [-0.2, -0.15) is 5.43 Å². The molecule has 1 atom stereocenters. The molecule has 2 aliphatic rings. The zero-order valence-electron chi connectivity index (χ0n) is 17.4. The van der Waals surface area contributed by atoms with Crippen molar-refractivity contribution in [3.63, 3.8) is 0 Å². The number of carboxylic acid groups (broad SMARTS) is 1. The Kier molecular flexibility index (Phi) is 5.93. The highest BCUT2D eigenvalue weighted by atomic mass is 32.2. The number of hydrogen-bond acceptors (Lipinski definition) is 8. The summed E-state index contributed by atoms with van der Waals surface area (Å²) in [7, 11) is -2.29. The molecule has 170 valence electrons. The molecule has 0 radical (unpaired) electrons. The van der Waals surface area contributed by atoms with Gasteiger partial charge in [0.15, 0.2) is 0 Å². The maximum atomic E-state index is 12.5. The molecule has 1 saturated heterocycles. The minimum absolute atomic E-state index is 0.0342. The molecule has 32 heavy (non-hydrogen) atoms. The van der Waals surface area contributed by atoms with Crippen LogP contribution in [0.15, 0.2) is 59.5 Å². The molecule has 0 spiro atoms. The van der Waals surface area contributed by atoms with Crippen LogP contribution in [0.5, 0.6) is 5.75 Å². The van der Waals surface area contributed by atoms with Crippen molar-refractivity contribution in [2.45, 2.75) is 10.6 Å². The van der Waals surface area contributed by atoms with Gasteiger partial charge in [-0.25, -0.2) is 18.4 Å². The number of benzene rings is 2. The summed E-state index contributed by atoms with van der Waals surface area (Å²) < 4.78 is 33.9. The highest BCUT2D eigenvalue weighted by Crippen LogP contribution is 2.36. The van der Waals surface area contributed by atoms with E-state index in [1.807, 2.05) is 12.1 Å². The number of carbonyl (C=O) groups is 1. The fraction of sp³-hybridized carbons (Fsp3) is 0.286. The summed E-state index contributed by atoms with van der Waals surface area (Å²) in [5.74, 6) is -0.392. The molecule has 4 N–H and O–H groups in total. The molecule has 2 aromatic carbocycles. The molecule has 1 fully saturated rings. The Morgan fingerprint density at radius 3 is 2.28 bits per heavy atom. The second-order valence-electron chi connectivity index (χ2n) is 7.42. The highest BCUT2D eigenvalue weighted by molar-refractivity contribution is 7.89. The van der Waals surface area contributed by atoms with E-state index in [0.717, 1.165) is 5.56 Å². The van der Waals surface area contributed by atoms with Gasteiger partial charge in [0.05, 0.1) is 36.6 Å². The van der Waals surface area contributed by atoms with E-state index in [2.05, 4.69) is 5.43 Å². The summed E-state index contributed by atoms with van der Waals surface area (Å²) in [5, 5.41) is 17.1. The number of hydrogen-bond donors (Lipinski definition) is 3. The van der Waals surface area contributed by atoms with E-state index in [0.29, 0.717) is 43.4 Å². The molecule has 2 aliphatic heterocycles. The van der Waals surface area contributed by atoms with Crippen LogP contribution in [0.3, 0.4) is 0 Å². The summed E-state index contributed by atoms with van der Waals surface area (Å²) in [6, 6.07) is 13.1. The standard InChI is InChI=1S/C21H24N4O6S/c1-30-17-6-2-15(3-7-17)19-14-21(20(26)27,24-10-12-31-13-11-24)23-25(19)16-4-8-18(9-5-16)32(22,28)29/h2-9,14,23H,10-13H2,1H3,(H,26,27)(H2,22,28,29).